The van der Waals surface area contributed by atoms with Gasteiger partial charge in [0.2, 0.25) is 0 Å². The minimum absolute atomic E-state index is 0. The molecule has 0 heterocycles. The molecule has 1 saturated carbocycles. The molecule has 1 aliphatic rings. The average molecular weight is 399 g/mol. The van der Waals surface area contributed by atoms with Gasteiger partial charge in [0.1, 0.15) is 0 Å². The van der Waals surface area contributed by atoms with Crippen LogP contribution in [0.15, 0.2) is 0 Å². The predicted octanol–water partition coefficient (Wildman–Crippen LogP) is 3.44. The minimum Gasteiger partial charge on any atom is -0.358 e. The third-order valence-electron chi connectivity index (χ3n) is 2.81. The van der Waals surface area contributed by atoms with E-state index in [9.17, 15) is 0 Å². The smallest absolute Gasteiger partial charge is 0.0314 e. The third kappa shape index (κ3) is 6.04. The van der Waals surface area contributed by atoms with Gasteiger partial charge in [-0.2, -0.15) is 5.92 Å². The molecule has 0 aromatic rings. The molecule has 0 unspecified atom stereocenters. The Morgan fingerprint density at radius 2 is 1.93 bits per heavy atom. The molecule has 3 heteroatoms. The van der Waals surface area contributed by atoms with Crippen molar-refractivity contribution < 1.29 is 39.6 Å². The summed E-state index contributed by atoms with van der Waals surface area (Å²) in [6, 6.07) is 0. The normalized spacial score (nSPS) is 29.7. The molecule has 3 radical (unpaired) electrons. The Kier molecular flexibility index (Phi) is 16.0. The van der Waals surface area contributed by atoms with Crippen LogP contribution in [0.5, 0.6) is 0 Å². The molecule has 1 aliphatic carbocycles. The molecule has 0 aliphatic heterocycles. The molecule has 1 rings (SSSR count). The molecule has 0 amide bonds. The molecular formula is C11H21BVW-2. The number of hydrogen-bond acceptors (Lipinski definition) is 0. The Morgan fingerprint density at radius 1 is 1.36 bits per heavy atom. The van der Waals surface area contributed by atoms with E-state index in [2.05, 4.69) is 20.3 Å². The SMILES string of the molecule is [B][C@H]1[CH-][C@@H](CC)[C@@H](CCC)C1.[CH3-].[V].[W]. The fourth-order valence-corrected chi connectivity index (χ4v) is 2.25. The van der Waals surface area contributed by atoms with E-state index in [0.717, 1.165) is 11.8 Å². The quantitative estimate of drug-likeness (QED) is 0.504. The second kappa shape index (κ2) is 10.8. The Balaban J connectivity index is -0.000000403. The van der Waals surface area contributed by atoms with Gasteiger partial charge in [0.05, 0.1) is 0 Å². The van der Waals surface area contributed by atoms with Crippen LogP contribution in [0.4, 0.5) is 0 Å². The summed E-state index contributed by atoms with van der Waals surface area (Å²) in [4.78, 5) is 0. The van der Waals surface area contributed by atoms with Crippen LogP contribution in [0.1, 0.15) is 39.5 Å². The van der Waals surface area contributed by atoms with Crippen LogP contribution in [-0.2, 0) is 39.6 Å². The van der Waals surface area contributed by atoms with Crippen molar-refractivity contribution >= 4 is 7.85 Å². The monoisotopic (exact) mass is 399 g/mol. The van der Waals surface area contributed by atoms with Crippen molar-refractivity contribution in [3.8, 4) is 0 Å². The number of hydrogen-bond donors (Lipinski definition) is 0. The summed E-state index contributed by atoms with van der Waals surface area (Å²) in [5.41, 5.74) is 0. The van der Waals surface area contributed by atoms with Gasteiger partial charge in [0.15, 0.2) is 0 Å². The van der Waals surface area contributed by atoms with Crippen molar-refractivity contribution in [3.05, 3.63) is 13.8 Å². The van der Waals surface area contributed by atoms with E-state index in [1.165, 1.54) is 25.7 Å². The van der Waals surface area contributed by atoms with Gasteiger partial charge in [-0.3, -0.25) is 0 Å². The third-order valence-corrected chi connectivity index (χ3v) is 2.81. The van der Waals surface area contributed by atoms with Crippen molar-refractivity contribution in [1.29, 1.82) is 0 Å². The van der Waals surface area contributed by atoms with E-state index >= 15 is 0 Å². The van der Waals surface area contributed by atoms with E-state index in [-0.39, 0.29) is 47.0 Å². The van der Waals surface area contributed by atoms with Gasteiger partial charge in [-0.1, -0.05) is 45.4 Å². The Morgan fingerprint density at radius 3 is 2.36 bits per heavy atom. The Hall–Kier alpha value is 1.34. The molecule has 3 atom stereocenters. The van der Waals surface area contributed by atoms with E-state index in [4.69, 9.17) is 7.85 Å². The molecule has 0 aromatic heterocycles. The maximum atomic E-state index is 5.87. The topological polar surface area (TPSA) is 0 Å². The van der Waals surface area contributed by atoms with Gasteiger partial charge in [0.25, 0.3) is 0 Å². The summed E-state index contributed by atoms with van der Waals surface area (Å²) in [7, 11) is 5.87. The second-order valence-electron chi connectivity index (χ2n) is 3.71. The standard InChI is InChI=1S/C10H18B.CH3.V.W/c1-3-5-9-7-10(11)6-8(9)4-2;;;/h6,8-10H,3-5,7H2,1-2H3;1H3;;/q2*-1;;/t8-,9+,10+;;;/m1.../s1. The van der Waals surface area contributed by atoms with Crippen LogP contribution in [0.3, 0.4) is 0 Å². The first-order valence-electron chi connectivity index (χ1n) is 4.88. The van der Waals surface area contributed by atoms with E-state index in [0.29, 0.717) is 5.82 Å². The summed E-state index contributed by atoms with van der Waals surface area (Å²) in [5.74, 6) is 2.08. The van der Waals surface area contributed by atoms with Crippen LogP contribution in [-0.4, -0.2) is 7.85 Å². The van der Waals surface area contributed by atoms with Gasteiger partial charge >= 0.3 is 0 Å². The molecule has 0 nitrogen and oxygen atoms in total. The first-order chi connectivity index (χ1) is 5.27. The van der Waals surface area contributed by atoms with Crippen LogP contribution < -0.4 is 0 Å². The first-order valence-corrected chi connectivity index (χ1v) is 4.88. The van der Waals surface area contributed by atoms with Crippen molar-refractivity contribution in [1.82, 2.24) is 0 Å². The molecule has 0 aromatic carbocycles. The van der Waals surface area contributed by atoms with Crippen LogP contribution in [0, 0.1) is 25.7 Å². The number of rotatable bonds is 3. The zero-order chi connectivity index (χ0) is 8.27. The van der Waals surface area contributed by atoms with Crippen LogP contribution >= 0.6 is 0 Å². The van der Waals surface area contributed by atoms with Gasteiger partial charge in [-0.15, -0.1) is 0 Å². The van der Waals surface area contributed by atoms with Crippen LogP contribution in [0.2, 0.25) is 5.82 Å². The summed E-state index contributed by atoms with van der Waals surface area (Å²) in [6.07, 6.45) is 7.52. The zero-order valence-corrected chi connectivity index (χ0v) is 13.9. The molecule has 0 spiro atoms. The molecule has 0 bridgehead atoms. The Labute approximate surface area is 118 Å². The molecule has 81 valence electrons. The maximum Gasteiger partial charge on any atom is 0.0314 e. The predicted molar refractivity (Wildman–Crippen MR) is 57.0 cm³/mol. The molecular weight excluding hydrogens is 378 g/mol. The summed E-state index contributed by atoms with van der Waals surface area (Å²) >= 11 is 0. The molecule has 1 fully saturated rings. The van der Waals surface area contributed by atoms with Gasteiger partial charge in [-0.05, 0) is 0 Å². The summed E-state index contributed by atoms with van der Waals surface area (Å²) < 4.78 is 0. The Bertz CT molecular complexity index is 122. The maximum absolute atomic E-state index is 5.87. The summed E-state index contributed by atoms with van der Waals surface area (Å²) in [5, 5.41) is 0. The van der Waals surface area contributed by atoms with E-state index in [1.807, 2.05) is 0 Å². The van der Waals surface area contributed by atoms with Gasteiger partial charge in [-0.25, -0.2) is 5.82 Å². The van der Waals surface area contributed by atoms with Gasteiger partial charge in [0, 0.05) is 47.5 Å². The average Bonchev–Trinajstić information content (AvgIpc) is 2.32. The van der Waals surface area contributed by atoms with Crippen molar-refractivity contribution in [2.45, 2.75) is 45.3 Å². The second-order valence-corrected chi connectivity index (χ2v) is 3.71. The molecule has 0 N–H and O–H groups in total. The van der Waals surface area contributed by atoms with Crippen molar-refractivity contribution in [2.24, 2.45) is 11.8 Å². The van der Waals surface area contributed by atoms with Crippen LogP contribution in [0.25, 0.3) is 0 Å². The molecule has 14 heavy (non-hydrogen) atoms. The molecule has 0 saturated heterocycles. The van der Waals surface area contributed by atoms with Crippen molar-refractivity contribution in [3.63, 3.8) is 0 Å². The van der Waals surface area contributed by atoms with E-state index < -0.39 is 0 Å². The fourth-order valence-electron chi connectivity index (χ4n) is 2.25. The fraction of sp³-hybridized carbons (Fsp3) is 0.818. The van der Waals surface area contributed by atoms with Gasteiger partial charge < -0.3 is 13.8 Å². The van der Waals surface area contributed by atoms with E-state index in [1.54, 1.807) is 0 Å². The largest absolute Gasteiger partial charge is 0.358 e. The summed E-state index contributed by atoms with van der Waals surface area (Å²) in [6.45, 7) is 4.53. The first kappa shape index (κ1) is 20.7. The minimum atomic E-state index is 0. The van der Waals surface area contributed by atoms with Crippen molar-refractivity contribution in [2.75, 3.05) is 0 Å². The zero-order valence-electron chi connectivity index (χ0n) is 9.57.